The monoisotopic (exact) mass is 785 g/mol. The predicted octanol–water partition coefficient (Wildman–Crippen LogP) is 14.2. The van der Waals surface area contributed by atoms with Crippen molar-refractivity contribution >= 4 is 19.8 Å². The lowest BCUT2D eigenvalue weighted by atomic mass is 10.1. The molecule has 0 aromatic rings. The molecule has 0 rings (SSSR count). The molecule has 2 unspecified atom stereocenters. The summed E-state index contributed by atoms with van der Waals surface area (Å²) in [6.07, 6.45) is 46.6. The van der Waals surface area contributed by atoms with Crippen LogP contribution in [0.5, 0.6) is 0 Å². The van der Waals surface area contributed by atoms with E-state index in [0.29, 0.717) is 6.42 Å². The van der Waals surface area contributed by atoms with Gasteiger partial charge in [0.2, 0.25) is 0 Å². The third-order valence-electron chi connectivity index (χ3n) is 9.92. The molecule has 0 amide bonds. The fourth-order valence-corrected chi connectivity index (χ4v) is 6.87. The summed E-state index contributed by atoms with van der Waals surface area (Å²) < 4.78 is 32.0. The molecular formula is C45H85O8P. The molecule has 0 aliphatic carbocycles. The average Bonchev–Trinajstić information content (AvgIpc) is 3.16. The minimum Gasteiger partial charge on any atom is -0.462 e. The molecule has 1 N–H and O–H groups in total. The van der Waals surface area contributed by atoms with Crippen LogP contribution < -0.4 is 0 Å². The fraction of sp³-hybridized carbons (Fsp3) is 0.867. The largest absolute Gasteiger partial charge is 0.472 e. The van der Waals surface area contributed by atoms with Crippen LogP contribution in [-0.4, -0.2) is 43.3 Å². The molecule has 0 aliphatic rings. The fourth-order valence-electron chi connectivity index (χ4n) is 6.41. The van der Waals surface area contributed by atoms with Crippen LogP contribution in [0.4, 0.5) is 0 Å². The Labute approximate surface area is 333 Å². The van der Waals surface area contributed by atoms with E-state index in [9.17, 15) is 19.0 Å². The lowest BCUT2D eigenvalue weighted by Crippen LogP contribution is -2.29. The van der Waals surface area contributed by atoms with Crippen molar-refractivity contribution in [2.24, 2.45) is 0 Å². The van der Waals surface area contributed by atoms with Crippen molar-refractivity contribution < 1.29 is 37.6 Å². The van der Waals surface area contributed by atoms with Crippen molar-refractivity contribution in [1.29, 1.82) is 0 Å². The van der Waals surface area contributed by atoms with Gasteiger partial charge in [0.1, 0.15) is 6.61 Å². The molecule has 0 heterocycles. The van der Waals surface area contributed by atoms with E-state index in [1.807, 2.05) is 0 Å². The second-order valence-corrected chi connectivity index (χ2v) is 16.7. The van der Waals surface area contributed by atoms with E-state index in [1.165, 1.54) is 141 Å². The van der Waals surface area contributed by atoms with Crippen LogP contribution in [-0.2, 0) is 32.7 Å². The van der Waals surface area contributed by atoms with Crippen molar-refractivity contribution in [3.8, 4) is 0 Å². The first-order valence-electron chi connectivity index (χ1n) is 22.5. The summed E-state index contributed by atoms with van der Waals surface area (Å²) in [5.41, 5.74) is 0. The van der Waals surface area contributed by atoms with Crippen molar-refractivity contribution in [2.75, 3.05) is 20.3 Å². The van der Waals surface area contributed by atoms with Crippen molar-refractivity contribution in [2.45, 2.75) is 232 Å². The van der Waals surface area contributed by atoms with Crippen LogP contribution in [0, 0.1) is 0 Å². The minimum absolute atomic E-state index is 0.227. The van der Waals surface area contributed by atoms with Crippen LogP contribution in [0.2, 0.25) is 0 Å². The molecule has 0 aromatic carbocycles. The van der Waals surface area contributed by atoms with E-state index in [-0.39, 0.29) is 25.4 Å². The highest BCUT2D eigenvalue weighted by Crippen LogP contribution is 2.42. The zero-order valence-corrected chi connectivity index (χ0v) is 36.3. The summed E-state index contributed by atoms with van der Waals surface area (Å²) in [6, 6.07) is 0. The first-order chi connectivity index (χ1) is 26.3. The molecule has 8 nitrogen and oxygen atoms in total. The number of allylic oxidation sites excluding steroid dienone is 4. The molecule has 0 bridgehead atoms. The lowest BCUT2D eigenvalue weighted by Gasteiger charge is -2.19. The minimum atomic E-state index is -4.26. The molecule has 0 saturated heterocycles. The normalized spacial score (nSPS) is 13.5. The molecule has 0 aromatic heterocycles. The highest BCUT2D eigenvalue weighted by molar-refractivity contribution is 7.47. The summed E-state index contributed by atoms with van der Waals surface area (Å²) in [5.74, 6) is -0.809. The molecule has 0 spiro atoms. The third-order valence-corrected chi connectivity index (χ3v) is 10.9. The molecule has 0 fully saturated rings. The summed E-state index contributed by atoms with van der Waals surface area (Å²) in [4.78, 5) is 34.5. The van der Waals surface area contributed by atoms with Gasteiger partial charge in [0.15, 0.2) is 6.10 Å². The number of hydrogen-bond donors (Lipinski definition) is 1. The van der Waals surface area contributed by atoms with Crippen molar-refractivity contribution in [3.63, 3.8) is 0 Å². The van der Waals surface area contributed by atoms with Gasteiger partial charge in [-0.3, -0.25) is 18.6 Å². The van der Waals surface area contributed by atoms with Crippen LogP contribution in [0.1, 0.15) is 226 Å². The van der Waals surface area contributed by atoms with Gasteiger partial charge in [-0.1, -0.05) is 173 Å². The first-order valence-corrected chi connectivity index (χ1v) is 24.0. The Morgan fingerprint density at radius 2 is 0.833 bits per heavy atom. The Balaban J connectivity index is 3.95. The number of ether oxygens (including phenoxy) is 2. The SMILES string of the molecule is CCCCCCC/C=C\CCCCCCCC(=O)OCC(COP(=O)(O)OC)OC(=O)CCCCCCCCCCC/C=C\CCCCCCCCCC. The molecule has 0 saturated carbocycles. The molecule has 2 atom stereocenters. The highest BCUT2D eigenvalue weighted by atomic mass is 31.2. The topological polar surface area (TPSA) is 108 Å². The van der Waals surface area contributed by atoms with E-state index in [1.54, 1.807) is 0 Å². The molecule has 54 heavy (non-hydrogen) atoms. The number of unbranched alkanes of at least 4 members (excludes halogenated alkanes) is 27. The number of carbonyl (C=O) groups is 2. The zero-order chi connectivity index (χ0) is 39.6. The maximum Gasteiger partial charge on any atom is 0.472 e. The Morgan fingerprint density at radius 1 is 0.500 bits per heavy atom. The van der Waals surface area contributed by atoms with Crippen LogP contribution >= 0.6 is 7.82 Å². The predicted molar refractivity (Wildman–Crippen MR) is 226 cm³/mol. The molecule has 0 radical (unpaired) electrons. The maximum absolute atomic E-state index is 12.5. The standard InChI is InChI=1S/C45H85O8P/c1-4-6-8-10-12-14-16-18-20-21-22-23-24-25-26-28-30-32-34-36-38-40-45(47)53-43(42-52-54(48,49)50-3)41-51-44(46)39-37-35-33-31-29-27-19-17-15-13-11-9-7-5-2/h17,19,21-22,43H,4-16,18,20,23-42H2,1-3H3,(H,48,49)/b19-17-,22-21-. The smallest absolute Gasteiger partial charge is 0.462 e. The van der Waals surface area contributed by atoms with Gasteiger partial charge in [0, 0.05) is 20.0 Å². The number of hydrogen-bond acceptors (Lipinski definition) is 7. The van der Waals surface area contributed by atoms with E-state index in [4.69, 9.17) is 14.0 Å². The zero-order valence-electron chi connectivity index (χ0n) is 35.4. The van der Waals surface area contributed by atoms with Crippen LogP contribution in [0.15, 0.2) is 24.3 Å². The number of phosphoric acid groups is 1. The van der Waals surface area contributed by atoms with Gasteiger partial charge in [-0.15, -0.1) is 0 Å². The Hall–Kier alpha value is -1.47. The maximum atomic E-state index is 12.5. The van der Waals surface area contributed by atoms with E-state index >= 15 is 0 Å². The van der Waals surface area contributed by atoms with Gasteiger partial charge in [-0.25, -0.2) is 4.57 Å². The van der Waals surface area contributed by atoms with Gasteiger partial charge < -0.3 is 14.4 Å². The molecular weight excluding hydrogens is 699 g/mol. The van der Waals surface area contributed by atoms with Gasteiger partial charge in [0.05, 0.1) is 6.61 Å². The quantitative estimate of drug-likeness (QED) is 0.0282. The number of carbonyl (C=O) groups excluding carboxylic acids is 2. The van der Waals surface area contributed by atoms with Crippen molar-refractivity contribution in [3.05, 3.63) is 24.3 Å². The van der Waals surface area contributed by atoms with Crippen LogP contribution in [0.3, 0.4) is 0 Å². The Morgan fingerprint density at radius 3 is 1.20 bits per heavy atom. The van der Waals surface area contributed by atoms with E-state index in [2.05, 4.69) is 42.7 Å². The Kier molecular flexibility index (Phi) is 40.1. The Bertz CT molecular complexity index is 937. The first kappa shape index (κ1) is 52.5. The van der Waals surface area contributed by atoms with Gasteiger partial charge in [-0.05, 0) is 64.2 Å². The number of phosphoric ester groups is 1. The van der Waals surface area contributed by atoms with Gasteiger partial charge in [-0.2, -0.15) is 0 Å². The molecule has 9 heteroatoms. The second kappa shape index (κ2) is 41.2. The van der Waals surface area contributed by atoms with E-state index < -0.39 is 26.5 Å². The highest BCUT2D eigenvalue weighted by Gasteiger charge is 2.24. The number of esters is 2. The summed E-state index contributed by atoms with van der Waals surface area (Å²) in [5, 5.41) is 0. The number of rotatable bonds is 42. The van der Waals surface area contributed by atoms with Crippen molar-refractivity contribution in [1.82, 2.24) is 0 Å². The summed E-state index contributed by atoms with van der Waals surface area (Å²) >= 11 is 0. The summed E-state index contributed by atoms with van der Waals surface area (Å²) in [7, 11) is -3.20. The van der Waals surface area contributed by atoms with E-state index in [0.717, 1.165) is 58.5 Å². The van der Waals surface area contributed by atoms with Gasteiger partial charge in [0.25, 0.3) is 0 Å². The lowest BCUT2D eigenvalue weighted by molar-refractivity contribution is -0.161. The third kappa shape index (κ3) is 40.2. The van der Waals surface area contributed by atoms with Crippen LogP contribution in [0.25, 0.3) is 0 Å². The molecule has 0 aliphatic heterocycles. The van der Waals surface area contributed by atoms with Gasteiger partial charge >= 0.3 is 19.8 Å². The summed E-state index contributed by atoms with van der Waals surface area (Å²) in [6.45, 7) is 3.89. The second-order valence-electron chi connectivity index (χ2n) is 15.2. The average molecular weight is 785 g/mol. The molecule has 318 valence electrons.